The summed E-state index contributed by atoms with van der Waals surface area (Å²) < 4.78 is 8.30. The number of nitrogens with zero attached hydrogens (tertiary/aromatic N) is 2. The van der Waals surface area contributed by atoms with Gasteiger partial charge in [0.05, 0.1) is 39.1 Å². The Hall–Kier alpha value is -0.280. The summed E-state index contributed by atoms with van der Waals surface area (Å²) in [7, 11) is 8.96. The molecule has 0 radical (unpaired) electrons. The zero-order chi connectivity index (χ0) is 16.0. The van der Waals surface area contributed by atoms with E-state index >= 15 is 0 Å². The van der Waals surface area contributed by atoms with Crippen molar-refractivity contribution in [1.82, 2.24) is 9.38 Å². The highest BCUT2D eigenvalue weighted by Gasteiger charge is 2.25. The van der Waals surface area contributed by atoms with Crippen LogP contribution >= 0.6 is 51.1 Å². The molecule has 4 rings (SSSR count). The van der Waals surface area contributed by atoms with Gasteiger partial charge in [-0.15, -0.1) is 0 Å². The molecule has 23 heavy (non-hydrogen) atoms. The summed E-state index contributed by atoms with van der Waals surface area (Å²) in [6.45, 7) is 6.97. The number of fused-ring (bicyclic) bond motifs is 5. The number of hydrogen-bond donors (Lipinski definition) is 0. The molecule has 0 N–H and O–H groups in total. The van der Waals surface area contributed by atoms with Crippen molar-refractivity contribution in [3.63, 3.8) is 0 Å². The molecular weight excluding hydrogens is 385 g/mol. The van der Waals surface area contributed by atoms with Gasteiger partial charge in [-0.05, 0) is 95.1 Å². The van der Waals surface area contributed by atoms with Crippen molar-refractivity contribution in [3.05, 3.63) is 29.5 Å². The van der Waals surface area contributed by atoms with Crippen molar-refractivity contribution in [3.8, 4) is 5.88 Å². The van der Waals surface area contributed by atoms with Crippen LogP contribution in [0.5, 0.6) is 5.88 Å². The molecule has 1 aliphatic heterocycles. The van der Waals surface area contributed by atoms with Gasteiger partial charge in [0.1, 0.15) is 0 Å². The summed E-state index contributed by atoms with van der Waals surface area (Å²) in [6, 6.07) is 4.38. The van der Waals surface area contributed by atoms with Crippen molar-refractivity contribution in [1.29, 1.82) is 0 Å². The molecule has 3 nitrogen and oxygen atoms in total. The van der Waals surface area contributed by atoms with E-state index in [4.69, 9.17) is 9.72 Å². The summed E-state index contributed by atoms with van der Waals surface area (Å²) in [4.78, 5) is 7.17. The van der Waals surface area contributed by atoms with Gasteiger partial charge in [-0.2, -0.15) is 0 Å². The Bertz CT molecular complexity index is 908. The number of hydrogen-bond acceptors (Lipinski definition) is 7. The smallest absolute Gasteiger partial charge is 0.215 e. The topological polar surface area (TPSA) is 26.5 Å². The molecule has 8 heteroatoms. The van der Waals surface area contributed by atoms with Gasteiger partial charge in [0.15, 0.2) is 0 Å². The lowest BCUT2D eigenvalue weighted by Crippen LogP contribution is -1.99. The maximum Gasteiger partial charge on any atom is 0.215 e. The highest BCUT2D eigenvalue weighted by molar-refractivity contribution is 9.36. The molecule has 0 fully saturated rings. The number of ether oxygens (including phenoxy) is 1. The van der Waals surface area contributed by atoms with Gasteiger partial charge in [-0.25, -0.2) is 0 Å². The van der Waals surface area contributed by atoms with E-state index in [-0.39, 0.29) is 0 Å². The Morgan fingerprint density at radius 3 is 2.52 bits per heavy atom. The second-order valence-corrected chi connectivity index (χ2v) is 12.6. The fourth-order valence-corrected chi connectivity index (χ4v) is 11.7. The lowest BCUT2D eigenvalue weighted by molar-refractivity contribution is 0.317. The fourth-order valence-electron chi connectivity index (χ4n) is 2.61. The van der Waals surface area contributed by atoms with Gasteiger partial charge in [0, 0.05) is 0 Å². The van der Waals surface area contributed by atoms with E-state index in [0.717, 1.165) is 22.4 Å². The Balaban J connectivity index is 2.12. The first kappa shape index (κ1) is 16.2. The molecule has 0 saturated heterocycles. The number of aryl methyl sites for hydroxylation is 2. The molecule has 3 aromatic rings. The van der Waals surface area contributed by atoms with Gasteiger partial charge < -0.3 is 4.74 Å². The number of benzene rings is 1. The molecule has 2 aromatic heterocycles. The third-order valence-electron chi connectivity index (χ3n) is 3.81. The van der Waals surface area contributed by atoms with E-state index < -0.39 is 0 Å². The third kappa shape index (κ3) is 2.72. The SMILES string of the molecule is CCOc1c2c(c3cnc4cc(C)c(C)cc4n13)SSSSS2. The number of aromatic nitrogens is 2. The molecular formula is C15H14N2OS5. The largest absolute Gasteiger partial charge is 0.478 e. The fraction of sp³-hybridized carbons (Fsp3) is 0.267. The van der Waals surface area contributed by atoms with Crippen LogP contribution < -0.4 is 4.74 Å². The van der Waals surface area contributed by atoms with E-state index in [0.29, 0.717) is 6.61 Å². The predicted molar refractivity (Wildman–Crippen MR) is 108 cm³/mol. The van der Waals surface area contributed by atoms with E-state index in [2.05, 4.69) is 30.4 Å². The normalized spacial score (nSPS) is 14.9. The van der Waals surface area contributed by atoms with Crippen LogP contribution in [-0.2, 0) is 0 Å². The third-order valence-corrected chi connectivity index (χ3v) is 12.3. The summed E-state index contributed by atoms with van der Waals surface area (Å²) in [5.41, 5.74) is 5.80. The van der Waals surface area contributed by atoms with Crippen LogP contribution in [0.4, 0.5) is 0 Å². The molecule has 120 valence electrons. The van der Waals surface area contributed by atoms with Crippen LogP contribution in [-0.4, -0.2) is 16.0 Å². The molecule has 1 aromatic carbocycles. The van der Waals surface area contributed by atoms with Crippen LogP contribution in [0.15, 0.2) is 28.1 Å². The Labute approximate surface area is 153 Å². The van der Waals surface area contributed by atoms with E-state index in [9.17, 15) is 0 Å². The average molecular weight is 399 g/mol. The highest BCUT2D eigenvalue weighted by Crippen LogP contribution is 2.62. The number of rotatable bonds is 2. The van der Waals surface area contributed by atoms with Gasteiger partial charge in [0.25, 0.3) is 0 Å². The standard InChI is InChI=1S/C15H14N2OS5/c1-4-18-15-14-13(19-21-23-22-20-14)12-7-16-10-5-8(2)9(3)6-11(10)17(12)15/h5-7H,4H2,1-3H3. The Morgan fingerprint density at radius 2 is 1.74 bits per heavy atom. The second-order valence-electron chi connectivity index (χ2n) is 5.17. The molecule has 3 heterocycles. The highest BCUT2D eigenvalue weighted by atomic mass is 33.8. The first-order chi connectivity index (χ1) is 11.2. The van der Waals surface area contributed by atoms with Crippen molar-refractivity contribution in [2.24, 2.45) is 0 Å². The summed E-state index contributed by atoms with van der Waals surface area (Å²) in [6.07, 6.45) is 1.98. The van der Waals surface area contributed by atoms with Crippen LogP contribution in [0.25, 0.3) is 16.6 Å². The van der Waals surface area contributed by atoms with Gasteiger partial charge in [-0.1, -0.05) is 0 Å². The molecule has 0 atom stereocenters. The monoisotopic (exact) mass is 398 g/mol. The van der Waals surface area contributed by atoms with E-state index in [1.807, 2.05) is 13.1 Å². The predicted octanol–water partition coefficient (Wildman–Crippen LogP) is 6.56. The molecule has 0 aliphatic carbocycles. The maximum absolute atomic E-state index is 6.06. The summed E-state index contributed by atoms with van der Waals surface area (Å²) in [5.74, 6) is 0.946. The molecule has 0 amide bonds. The molecule has 0 saturated carbocycles. The van der Waals surface area contributed by atoms with Gasteiger partial charge in [-0.3, -0.25) is 9.38 Å². The molecule has 1 aliphatic rings. The first-order valence-electron chi connectivity index (χ1n) is 7.12. The van der Waals surface area contributed by atoms with E-state index in [1.165, 1.54) is 20.9 Å². The van der Waals surface area contributed by atoms with Crippen molar-refractivity contribution in [2.45, 2.75) is 30.6 Å². The maximum atomic E-state index is 6.06. The van der Waals surface area contributed by atoms with E-state index in [1.54, 1.807) is 51.1 Å². The van der Waals surface area contributed by atoms with Crippen LogP contribution in [0.1, 0.15) is 18.1 Å². The van der Waals surface area contributed by atoms with Crippen LogP contribution in [0.3, 0.4) is 0 Å². The Morgan fingerprint density at radius 1 is 1.00 bits per heavy atom. The zero-order valence-electron chi connectivity index (χ0n) is 12.8. The lowest BCUT2D eigenvalue weighted by Gasteiger charge is -2.10. The average Bonchev–Trinajstić information content (AvgIpc) is 2.70. The molecule has 0 spiro atoms. The Kier molecular flexibility index (Phi) is 4.62. The van der Waals surface area contributed by atoms with Gasteiger partial charge >= 0.3 is 0 Å². The minimum atomic E-state index is 0.656. The van der Waals surface area contributed by atoms with Crippen molar-refractivity contribution < 1.29 is 4.74 Å². The zero-order valence-corrected chi connectivity index (χ0v) is 16.9. The van der Waals surface area contributed by atoms with Crippen LogP contribution in [0.2, 0.25) is 0 Å². The minimum absolute atomic E-state index is 0.656. The first-order valence-corrected chi connectivity index (χ1v) is 13.3. The summed E-state index contributed by atoms with van der Waals surface area (Å²) >= 11 is 0. The summed E-state index contributed by atoms with van der Waals surface area (Å²) in [5, 5.41) is 0. The quantitative estimate of drug-likeness (QED) is 0.451. The van der Waals surface area contributed by atoms with Gasteiger partial charge in [0.2, 0.25) is 5.88 Å². The van der Waals surface area contributed by atoms with Crippen LogP contribution in [0, 0.1) is 13.8 Å². The molecule has 0 bridgehead atoms. The minimum Gasteiger partial charge on any atom is -0.478 e. The second kappa shape index (κ2) is 6.55. The van der Waals surface area contributed by atoms with Crippen molar-refractivity contribution >= 4 is 67.6 Å². The van der Waals surface area contributed by atoms with Crippen molar-refractivity contribution in [2.75, 3.05) is 6.61 Å². The molecule has 0 unspecified atom stereocenters. The lowest BCUT2D eigenvalue weighted by atomic mass is 10.1.